The molecule has 1 amide bonds. The molecule has 1 fully saturated rings. The highest BCUT2D eigenvalue weighted by Crippen LogP contribution is 2.32. The molecule has 1 aromatic heterocycles. The summed E-state index contributed by atoms with van der Waals surface area (Å²) in [5.41, 5.74) is 0.984. The van der Waals surface area contributed by atoms with Crippen LogP contribution in [-0.2, 0) is 4.79 Å². The Kier molecular flexibility index (Phi) is 4.90. The number of aryl methyl sites for hydroxylation is 1. The molecule has 1 aromatic carbocycles. The summed E-state index contributed by atoms with van der Waals surface area (Å²) >= 11 is 0. The first-order valence-electron chi connectivity index (χ1n) is 8.04. The third-order valence-corrected chi connectivity index (χ3v) is 4.09. The van der Waals surface area contributed by atoms with E-state index in [-0.39, 0.29) is 18.5 Å². The Hall–Kier alpha value is -2.37. The van der Waals surface area contributed by atoms with Crippen LogP contribution in [0.5, 0.6) is 5.75 Å². The van der Waals surface area contributed by atoms with Gasteiger partial charge >= 0.3 is 6.01 Å². The molecule has 1 heterocycles. The van der Waals surface area contributed by atoms with Crippen LogP contribution in [0.15, 0.2) is 28.7 Å². The standard InChI is InChI=1S/C17H21N3O3/c1-12-7-5-6-10-14(12)22-11-15(21)18-17-20-19-16(23-17)13-8-3-2-4-9-13/h5-7,10,13H,2-4,8-9,11H2,1H3,(H,18,20,21). The van der Waals surface area contributed by atoms with Gasteiger partial charge in [-0.1, -0.05) is 42.6 Å². The monoisotopic (exact) mass is 315 g/mol. The van der Waals surface area contributed by atoms with Crippen LogP contribution < -0.4 is 10.1 Å². The number of ether oxygens (including phenoxy) is 1. The van der Waals surface area contributed by atoms with Crippen LogP contribution in [0.3, 0.4) is 0 Å². The smallest absolute Gasteiger partial charge is 0.322 e. The number of carbonyl (C=O) groups is 1. The van der Waals surface area contributed by atoms with Gasteiger partial charge in [-0.2, -0.15) is 0 Å². The fraction of sp³-hybridized carbons (Fsp3) is 0.471. The predicted molar refractivity (Wildman–Crippen MR) is 85.4 cm³/mol. The Labute approximate surface area is 135 Å². The summed E-state index contributed by atoms with van der Waals surface area (Å²) in [6, 6.07) is 7.70. The molecule has 1 aliphatic carbocycles. The summed E-state index contributed by atoms with van der Waals surface area (Å²) in [5, 5.41) is 10.5. The predicted octanol–water partition coefficient (Wildman–Crippen LogP) is 3.44. The van der Waals surface area contributed by atoms with Crippen LogP contribution >= 0.6 is 0 Å². The Bertz CT molecular complexity index is 663. The molecule has 122 valence electrons. The fourth-order valence-electron chi connectivity index (χ4n) is 2.82. The molecule has 2 aromatic rings. The number of nitrogens with zero attached hydrogens (tertiary/aromatic N) is 2. The van der Waals surface area contributed by atoms with Gasteiger partial charge in [0.25, 0.3) is 5.91 Å². The number of carbonyl (C=O) groups excluding carboxylic acids is 1. The summed E-state index contributed by atoms with van der Waals surface area (Å²) in [7, 11) is 0. The number of amides is 1. The van der Waals surface area contributed by atoms with Crippen molar-refractivity contribution in [2.45, 2.75) is 44.9 Å². The quantitative estimate of drug-likeness (QED) is 0.914. The molecule has 3 rings (SSSR count). The van der Waals surface area contributed by atoms with Gasteiger partial charge < -0.3 is 9.15 Å². The van der Waals surface area contributed by atoms with E-state index in [0.29, 0.717) is 17.6 Å². The second-order valence-corrected chi connectivity index (χ2v) is 5.88. The van der Waals surface area contributed by atoms with Gasteiger partial charge in [0, 0.05) is 5.92 Å². The first kappa shape index (κ1) is 15.5. The first-order chi connectivity index (χ1) is 11.2. The number of hydrogen-bond donors (Lipinski definition) is 1. The summed E-state index contributed by atoms with van der Waals surface area (Å²) in [6.07, 6.45) is 5.81. The largest absolute Gasteiger partial charge is 0.483 e. The van der Waals surface area contributed by atoms with Crippen molar-refractivity contribution in [1.82, 2.24) is 10.2 Å². The highest BCUT2D eigenvalue weighted by atomic mass is 16.5. The summed E-state index contributed by atoms with van der Waals surface area (Å²) < 4.78 is 11.1. The number of aromatic nitrogens is 2. The van der Waals surface area contributed by atoms with E-state index in [1.165, 1.54) is 19.3 Å². The van der Waals surface area contributed by atoms with Gasteiger partial charge in [0.2, 0.25) is 5.89 Å². The minimum Gasteiger partial charge on any atom is -0.483 e. The molecular weight excluding hydrogens is 294 g/mol. The maximum absolute atomic E-state index is 11.9. The molecule has 1 saturated carbocycles. The van der Waals surface area contributed by atoms with Gasteiger partial charge in [-0.05, 0) is 31.4 Å². The van der Waals surface area contributed by atoms with Crippen molar-refractivity contribution in [2.75, 3.05) is 11.9 Å². The maximum Gasteiger partial charge on any atom is 0.322 e. The molecule has 0 unspecified atom stereocenters. The number of benzene rings is 1. The van der Waals surface area contributed by atoms with Crippen molar-refractivity contribution < 1.29 is 13.9 Å². The molecule has 0 bridgehead atoms. The Morgan fingerprint density at radius 1 is 1.26 bits per heavy atom. The normalized spacial score (nSPS) is 15.3. The highest BCUT2D eigenvalue weighted by Gasteiger charge is 2.21. The number of anilines is 1. The van der Waals surface area contributed by atoms with Crippen LogP contribution in [0.25, 0.3) is 0 Å². The van der Waals surface area contributed by atoms with Crippen molar-refractivity contribution in [3.05, 3.63) is 35.7 Å². The Balaban J connectivity index is 1.52. The average molecular weight is 315 g/mol. The molecule has 6 heteroatoms. The molecule has 0 spiro atoms. The topological polar surface area (TPSA) is 77.2 Å². The van der Waals surface area contributed by atoms with Crippen molar-refractivity contribution >= 4 is 11.9 Å². The molecule has 0 radical (unpaired) electrons. The van der Waals surface area contributed by atoms with Gasteiger partial charge in [0.1, 0.15) is 5.75 Å². The third kappa shape index (κ3) is 4.09. The van der Waals surface area contributed by atoms with Crippen molar-refractivity contribution in [1.29, 1.82) is 0 Å². The lowest BCUT2D eigenvalue weighted by atomic mass is 9.89. The highest BCUT2D eigenvalue weighted by molar-refractivity contribution is 5.89. The van der Waals surface area contributed by atoms with Crippen molar-refractivity contribution in [3.63, 3.8) is 0 Å². The van der Waals surface area contributed by atoms with Gasteiger partial charge in [-0.15, -0.1) is 5.10 Å². The number of hydrogen-bond acceptors (Lipinski definition) is 5. The lowest BCUT2D eigenvalue weighted by Crippen LogP contribution is -2.20. The average Bonchev–Trinajstić information content (AvgIpc) is 3.03. The zero-order valence-electron chi connectivity index (χ0n) is 13.2. The zero-order valence-corrected chi connectivity index (χ0v) is 13.2. The minimum atomic E-state index is -0.313. The molecular formula is C17H21N3O3. The molecule has 23 heavy (non-hydrogen) atoms. The molecule has 6 nitrogen and oxygen atoms in total. The van der Waals surface area contributed by atoms with Gasteiger partial charge in [0.15, 0.2) is 6.61 Å². The number of para-hydroxylation sites is 1. The van der Waals surface area contributed by atoms with E-state index in [2.05, 4.69) is 15.5 Å². The van der Waals surface area contributed by atoms with Gasteiger partial charge in [-0.3, -0.25) is 10.1 Å². The zero-order chi connectivity index (χ0) is 16.1. The van der Waals surface area contributed by atoms with Gasteiger partial charge in [-0.25, -0.2) is 0 Å². The van der Waals surface area contributed by atoms with E-state index >= 15 is 0 Å². The fourth-order valence-corrected chi connectivity index (χ4v) is 2.82. The second kappa shape index (κ2) is 7.26. The Morgan fingerprint density at radius 2 is 2.04 bits per heavy atom. The molecule has 0 aliphatic heterocycles. The van der Waals surface area contributed by atoms with E-state index < -0.39 is 0 Å². The molecule has 0 saturated heterocycles. The first-order valence-corrected chi connectivity index (χ1v) is 8.04. The van der Waals surface area contributed by atoms with Crippen molar-refractivity contribution in [2.24, 2.45) is 0 Å². The number of nitrogens with one attached hydrogen (secondary N) is 1. The van der Waals surface area contributed by atoms with Crippen LogP contribution in [0.4, 0.5) is 6.01 Å². The van der Waals surface area contributed by atoms with Crippen LogP contribution in [0.2, 0.25) is 0 Å². The van der Waals surface area contributed by atoms with Gasteiger partial charge in [0.05, 0.1) is 0 Å². The minimum absolute atomic E-state index is 0.0913. The van der Waals surface area contributed by atoms with E-state index in [9.17, 15) is 4.79 Å². The van der Waals surface area contributed by atoms with Crippen molar-refractivity contribution in [3.8, 4) is 5.75 Å². The van der Waals surface area contributed by atoms with Crippen LogP contribution in [0, 0.1) is 6.92 Å². The van der Waals surface area contributed by atoms with E-state index in [1.54, 1.807) is 0 Å². The lowest BCUT2D eigenvalue weighted by molar-refractivity contribution is -0.118. The SMILES string of the molecule is Cc1ccccc1OCC(=O)Nc1nnc(C2CCCCC2)o1. The maximum atomic E-state index is 11.9. The molecule has 0 atom stereocenters. The van der Waals surface area contributed by atoms with E-state index in [1.807, 2.05) is 31.2 Å². The van der Waals surface area contributed by atoms with E-state index in [0.717, 1.165) is 18.4 Å². The summed E-state index contributed by atoms with van der Waals surface area (Å²) in [4.78, 5) is 11.9. The van der Waals surface area contributed by atoms with E-state index in [4.69, 9.17) is 9.15 Å². The lowest BCUT2D eigenvalue weighted by Gasteiger charge is -2.17. The summed E-state index contributed by atoms with van der Waals surface area (Å²) in [6.45, 7) is 1.84. The Morgan fingerprint density at radius 3 is 2.83 bits per heavy atom. The second-order valence-electron chi connectivity index (χ2n) is 5.88. The molecule has 1 aliphatic rings. The molecule has 1 N–H and O–H groups in total. The number of rotatable bonds is 5. The third-order valence-electron chi connectivity index (χ3n) is 4.09. The van der Waals surface area contributed by atoms with Crippen LogP contribution in [-0.4, -0.2) is 22.7 Å². The van der Waals surface area contributed by atoms with Crippen LogP contribution in [0.1, 0.15) is 49.5 Å². The summed E-state index contributed by atoms with van der Waals surface area (Å²) in [5.74, 6) is 1.33.